The normalized spacial score (nSPS) is 12.9. The van der Waals surface area contributed by atoms with E-state index in [1.54, 1.807) is 11.3 Å². The lowest BCUT2D eigenvalue weighted by molar-refractivity contribution is 0.565. The minimum Gasteiger partial charge on any atom is -0.307 e. The summed E-state index contributed by atoms with van der Waals surface area (Å²) in [6.45, 7) is 5.14. The molecule has 2 aromatic rings. The molecule has 1 N–H and O–H groups in total. The van der Waals surface area contributed by atoms with Gasteiger partial charge in [-0.1, -0.05) is 0 Å². The highest BCUT2D eigenvalue weighted by Gasteiger charge is 2.22. The molecule has 0 aliphatic rings. The smallest absolute Gasteiger partial charge is 0.0853 e. The van der Waals surface area contributed by atoms with Crippen molar-refractivity contribution in [3.63, 3.8) is 0 Å². The van der Waals surface area contributed by atoms with E-state index in [1.165, 1.54) is 16.1 Å². The molecule has 0 aliphatic carbocycles. The van der Waals surface area contributed by atoms with Gasteiger partial charge < -0.3 is 5.32 Å². The van der Waals surface area contributed by atoms with E-state index in [4.69, 9.17) is 0 Å². The molecule has 2 rings (SSSR count). The van der Waals surface area contributed by atoms with Gasteiger partial charge in [0.1, 0.15) is 0 Å². The second-order valence-electron chi connectivity index (χ2n) is 3.88. The Kier molecular flexibility index (Phi) is 4.01. The first-order valence-electron chi connectivity index (χ1n) is 5.61. The van der Waals surface area contributed by atoms with Crippen LogP contribution in [0.25, 0.3) is 0 Å². The second-order valence-corrected chi connectivity index (χ2v) is 5.69. The van der Waals surface area contributed by atoms with E-state index in [2.05, 4.69) is 51.6 Å². The molecule has 0 radical (unpaired) electrons. The van der Waals surface area contributed by atoms with Crippen molar-refractivity contribution in [1.29, 1.82) is 0 Å². The van der Waals surface area contributed by atoms with Crippen molar-refractivity contribution < 1.29 is 0 Å². The highest BCUT2D eigenvalue weighted by molar-refractivity contribution is 9.10. The predicted octanol–water partition coefficient (Wildman–Crippen LogP) is 3.34. The monoisotopic (exact) mass is 313 g/mol. The van der Waals surface area contributed by atoms with Crippen LogP contribution in [0.5, 0.6) is 0 Å². The topological polar surface area (TPSA) is 29.9 Å². The van der Waals surface area contributed by atoms with E-state index in [0.29, 0.717) is 0 Å². The molecule has 2 aromatic heterocycles. The molecule has 0 fully saturated rings. The summed E-state index contributed by atoms with van der Waals surface area (Å²) in [5.74, 6) is 0. The van der Waals surface area contributed by atoms with Crippen molar-refractivity contribution in [2.24, 2.45) is 0 Å². The Morgan fingerprint density at radius 2 is 2.35 bits per heavy atom. The summed E-state index contributed by atoms with van der Waals surface area (Å²) >= 11 is 5.37. The van der Waals surface area contributed by atoms with Crippen LogP contribution in [0.4, 0.5) is 0 Å². The quantitative estimate of drug-likeness (QED) is 0.938. The Labute approximate surface area is 114 Å². The first-order valence-corrected chi connectivity index (χ1v) is 7.28. The Morgan fingerprint density at radius 1 is 1.59 bits per heavy atom. The van der Waals surface area contributed by atoms with Gasteiger partial charge in [0.15, 0.2) is 0 Å². The lowest BCUT2D eigenvalue weighted by atomic mass is 10.1. The SMILES string of the molecule is CCn1ncc(Br)c1C(NC)c1sccc1C. The maximum absolute atomic E-state index is 4.38. The van der Waals surface area contributed by atoms with Crippen LogP contribution in [0.1, 0.15) is 29.1 Å². The summed E-state index contributed by atoms with van der Waals surface area (Å²) in [6, 6.07) is 2.36. The first kappa shape index (κ1) is 12.8. The van der Waals surface area contributed by atoms with Crippen LogP contribution in [0.15, 0.2) is 22.1 Å². The molecular formula is C12H16BrN3S. The van der Waals surface area contributed by atoms with Gasteiger partial charge in [-0.05, 0) is 53.8 Å². The van der Waals surface area contributed by atoms with Crippen LogP contribution in [0, 0.1) is 6.92 Å². The van der Waals surface area contributed by atoms with Crippen LogP contribution in [0.3, 0.4) is 0 Å². The summed E-state index contributed by atoms with van der Waals surface area (Å²) in [5.41, 5.74) is 2.52. The van der Waals surface area contributed by atoms with Crippen LogP contribution in [-0.4, -0.2) is 16.8 Å². The standard InChI is InChI=1S/C12H16BrN3S/c1-4-16-11(9(13)7-15-16)10(14-3)12-8(2)5-6-17-12/h5-7,10,14H,4H2,1-3H3. The molecule has 1 atom stereocenters. The van der Waals surface area contributed by atoms with Crippen molar-refractivity contribution >= 4 is 27.3 Å². The lowest BCUT2D eigenvalue weighted by Gasteiger charge is -2.18. The number of rotatable bonds is 4. The first-order chi connectivity index (χ1) is 8.19. The molecule has 92 valence electrons. The van der Waals surface area contributed by atoms with Crippen LogP contribution >= 0.6 is 27.3 Å². The van der Waals surface area contributed by atoms with Crippen LogP contribution in [0.2, 0.25) is 0 Å². The molecule has 0 amide bonds. The maximum Gasteiger partial charge on any atom is 0.0853 e. The van der Waals surface area contributed by atoms with Crippen LogP contribution < -0.4 is 5.32 Å². The van der Waals surface area contributed by atoms with Gasteiger partial charge >= 0.3 is 0 Å². The minimum absolute atomic E-state index is 0.201. The average molecular weight is 314 g/mol. The van der Waals surface area contributed by atoms with Gasteiger partial charge in [0.25, 0.3) is 0 Å². The summed E-state index contributed by atoms with van der Waals surface area (Å²) < 4.78 is 3.09. The third-order valence-electron chi connectivity index (χ3n) is 2.86. The molecule has 0 aromatic carbocycles. The molecular weight excluding hydrogens is 298 g/mol. The third-order valence-corrected chi connectivity index (χ3v) is 4.55. The highest BCUT2D eigenvalue weighted by Crippen LogP contribution is 2.33. The lowest BCUT2D eigenvalue weighted by Crippen LogP contribution is -2.21. The van der Waals surface area contributed by atoms with Crippen molar-refractivity contribution in [2.75, 3.05) is 7.05 Å². The van der Waals surface area contributed by atoms with E-state index in [-0.39, 0.29) is 6.04 Å². The maximum atomic E-state index is 4.38. The summed E-state index contributed by atoms with van der Waals surface area (Å²) in [5, 5.41) is 9.89. The van der Waals surface area contributed by atoms with Gasteiger partial charge in [0.05, 0.1) is 22.4 Å². The zero-order chi connectivity index (χ0) is 12.4. The van der Waals surface area contributed by atoms with Gasteiger partial charge in [-0.2, -0.15) is 5.10 Å². The largest absolute Gasteiger partial charge is 0.307 e. The number of thiophene rings is 1. The fourth-order valence-electron chi connectivity index (χ4n) is 1.98. The van der Waals surface area contributed by atoms with Crippen molar-refractivity contribution in [1.82, 2.24) is 15.1 Å². The van der Waals surface area contributed by atoms with Crippen molar-refractivity contribution in [2.45, 2.75) is 26.4 Å². The van der Waals surface area contributed by atoms with Gasteiger partial charge in [0.2, 0.25) is 0 Å². The Morgan fingerprint density at radius 3 is 2.88 bits per heavy atom. The summed E-state index contributed by atoms with van der Waals surface area (Å²) in [4.78, 5) is 1.35. The molecule has 17 heavy (non-hydrogen) atoms. The van der Waals surface area contributed by atoms with Gasteiger partial charge in [-0.15, -0.1) is 11.3 Å². The number of hydrogen-bond acceptors (Lipinski definition) is 3. The van der Waals surface area contributed by atoms with E-state index < -0.39 is 0 Å². The van der Waals surface area contributed by atoms with Crippen LogP contribution in [-0.2, 0) is 6.54 Å². The zero-order valence-corrected chi connectivity index (χ0v) is 12.6. The average Bonchev–Trinajstić information content (AvgIpc) is 2.89. The van der Waals surface area contributed by atoms with E-state index in [9.17, 15) is 0 Å². The number of nitrogens with zero attached hydrogens (tertiary/aromatic N) is 2. The number of halogens is 1. The third kappa shape index (κ3) is 2.32. The van der Waals surface area contributed by atoms with Gasteiger partial charge in [-0.3, -0.25) is 4.68 Å². The second kappa shape index (κ2) is 5.33. The van der Waals surface area contributed by atoms with Gasteiger partial charge in [0, 0.05) is 11.4 Å². The molecule has 1 unspecified atom stereocenters. The minimum atomic E-state index is 0.201. The molecule has 0 bridgehead atoms. The predicted molar refractivity (Wildman–Crippen MR) is 75.6 cm³/mol. The number of nitrogens with one attached hydrogen (secondary N) is 1. The van der Waals surface area contributed by atoms with E-state index in [1.807, 2.05) is 17.9 Å². The Hall–Kier alpha value is -0.650. The number of hydrogen-bond donors (Lipinski definition) is 1. The zero-order valence-electron chi connectivity index (χ0n) is 10.2. The molecule has 5 heteroatoms. The molecule has 0 spiro atoms. The van der Waals surface area contributed by atoms with Gasteiger partial charge in [-0.25, -0.2) is 0 Å². The molecule has 0 aliphatic heterocycles. The molecule has 0 saturated heterocycles. The van der Waals surface area contributed by atoms with Crippen molar-refractivity contribution in [3.8, 4) is 0 Å². The molecule has 3 nitrogen and oxygen atoms in total. The fraction of sp³-hybridized carbons (Fsp3) is 0.417. The highest BCUT2D eigenvalue weighted by atomic mass is 79.9. The fourth-order valence-corrected chi connectivity index (χ4v) is 3.55. The molecule has 0 saturated carbocycles. The van der Waals surface area contributed by atoms with E-state index in [0.717, 1.165) is 11.0 Å². The Bertz CT molecular complexity index is 504. The number of aromatic nitrogens is 2. The molecule has 2 heterocycles. The summed E-state index contributed by atoms with van der Waals surface area (Å²) in [7, 11) is 1.99. The van der Waals surface area contributed by atoms with Crippen molar-refractivity contribution in [3.05, 3.63) is 38.3 Å². The van der Waals surface area contributed by atoms with E-state index >= 15 is 0 Å². The Balaban J connectivity index is 2.49. The summed E-state index contributed by atoms with van der Waals surface area (Å²) in [6.07, 6.45) is 1.87. The number of aryl methyl sites for hydroxylation is 2.